The second kappa shape index (κ2) is 6.73. The summed E-state index contributed by atoms with van der Waals surface area (Å²) >= 11 is 1.55. The average Bonchev–Trinajstić information content (AvgIpc) is 3.36. The minimum Gasteiger partial charge on any atom is -0.416 e. The molecule has 0 saturated heterocycles. The number of esters is 1. The number of benzene rings is 1. The summed E-state index contributed by atoms with van der Waals surface area (Å²) < 4.78 is 5.24. The molecule has 5 heteroatoms. The van der Waals surface area contributed by atoms with Gasteiger partial charge in [-0.2, -0.15) is 0 Å². The fourth-order valence-electron chi connectivity index (χ4n) is 3.52. The molecule has 0 spiro atoms. The van der Waals surface area contributed by atoms with Crippen molar-refractivity contribution >= 4 is 23.1 Å². The van der Waals surface area contributed by atoms with E-state index >= 15 is 0 Å². The Morgan fingerprint density at radius 3 is 2.68 bits per heavy atom. The Labute approximate surface area is 151 Å². The maximum Gasteiger partial charge on any atom is 0.308 e. The number of hydrogen-bond donors (Lipinski definition) is 0. The summed E-state index contributed by atoms with van der Waals surface area (Å²) in [6, 6.07) is 11.9. The van der Waals surface area contributed by atoms with Crippen LogP contribution in [0.1, 0.15) is 41.8 Å². The fourth-order valence-corrected chi connectivity index (χ4v) is 4.57. The molecule has 1 aromatic heterocycles. The third kappa shape index (κ3) is 3.53. The number of carbonyl (C=O) groups excluding carboxylic acids is 2. The molecule has 0 unspecified atom stereocenters. The van der Waals surface area contributed by atoms with Crippen LogP contribution in [0.2, 0.25) is 0 Å². The van der Waals surface area contributed by atoms with Gasteiger partial charge in [-0.15, -0.1) is 11.3 Å². The molecule has 0 N–H and O–H groups in total. The number of carbonyl (C=O) groups is 2. The molecule has 2 aliphatic rings. The minimum absolute atomic E-state index is 0.168. The maximum atomic E-state index is 13.0. The van der Waals surface area contributed by atoms with Gasteiger partial charge in [-0.1, -0.05) is 30.3 Å². The summed E-state index contributed by atoms with van der Waals surface area (Å²) in [5, 5.41) is 0.657. The number of thiophene rings is 1. The molecule has 130 valence electrons. The molecular formula is C20H21NO3S. The van der Waals surface area contributed by atoms with Crippen LogP contribution in [0.5, 0.6) is 5.06 Å². The van der Waals surface area contributed by atoms with Gasteiger partial charge in [0.2, 0.25) is 0 Å². The Bertz CT molecular complexity index is 795. The molecule has 2 heterocycles. The van der Waals surface area contributed by atoms with Gasteiger partial charge >= 0.3 is 5.97 Å². The van der Waals surface area contributed by atoms with Crippen LogP contribution in [0.3, 0.4) is 0 Å². The number of nitrogens with zero attached hydrogens (tertiary/aromatic N) is 1. The first-order chi connectivity index (χ1) is 12.1. The van der Waals surface area contributed by atoms with Crippen LogP contribution in [-0.2, 0) is 22.6 Å². The van der Waals surface area contributed by atoms with Gasteiger partial charge < -0.3 is 4.74 Å². The second-order valence-electron chi connectivity index (χ2n) is 6.82. The summed E-state index contributed by atoms with van der Waals surface area (Å²) in [7, 11) is 0. The quantitative estimate of drug-likeness (QED) is 0.767. The molecule has 25 heavy (non-hydrogen) atoms. The zero-order valence-electron chi connectivity index (χ0n) is 14.2. The highest BCUT2D eigenvalue weighted by Crippen LogP contribution is 2.40. The van der Waals surface area contributed by atoms with Crippen molar-refractivity contribution in [3.63, 3.8) is 0 Å². The zero-order valence-corrected chi connectivity index (χ0v) is 15.1. The molecule has 1 aliphatic heterocycles. The van der Waals surface area contributed by atoms with Crippen molar-refractivity contribution in [2.75, 3.05) is 6.54 Å². The van der Waals surface area contributed by atoms with Crippen molar-refractivity contribution in [1.29, 1.82) is 0 Å². The van der Waals surface area contributed by atoms with E-state index < -0.39 is 0 Å². The van der Waals surface area contributed by atoms with Gasteiger partial charge in [-0.3, -0.25) is 14.5 Å². The third-order valence-electron chi connectivity index (χ3n) is 4.85. The Hall–Kier alpha value is -1.98. The van der Waals surface area contributed by atoms with Gasteiger partial charge in [0, 0.05) is 30.8 Å². The summed E-state index contributed by atoms with van der Waals surface area (Å²) in [5.74, 6) is 0.289. The fraction of sp³-hybridized carbons (Fsp3) is 0.400. The number of ketones is 1. The lowest BCUT2D eigenvalue weighted by Crippen LogP contribution is -2.38. The van der Waals surface area contributed by atoms with Crippen LogP contribution in [0.15, 0.2) is 36.4 Å². The Balaban J connectivity index is 1.59. The highest BCUT2D eigenvalue weighted by Gasteiger charge is 2.39. The number of rotatable bonds is 5. The first kappa shape index (κ1) is 16.5. The predicted octanol–water partition coefficient (Wildman–Crippen LogP) is 3.75. The van der Waals surface area contributed by atoms with Gasteiger partial charge in [-0.25, -0.2) is 0 Å². The van der Waals surface area contributed by atoms with Gasteiger partial charge in [0.05, 0.1) is 6.04 Å². The summed E-state index contributed by atoms with van der Waals surface area (Å²) in [6.45, 7) is 3.00. The van der Waals surface area contributed by atoms with Crippen LogP contribution in [0.25, 0.3) is 0 Å². The van der Waals surface area contributed by atoms with E-state index in [9.17, 15) is 9.59 Å². The van der Waals surface area contributed by atoms with Gasteiger partial charge in [0.15, 0.2) is 10.8 Å². The highest BCUT2D eigenvalue weighted by molar-refractivity contribution is 7.14. The molecule has 0 amide bonds. The molecular weight excluding hydrogens is 334 g/mol. The SMILES string of the molecule is CC(=O)Oc1cc2c(s1)CCN([C@H](C(=O)C1CC1)c1ccccc1)C2. The van der Waals surface area contributed by atoms with Crippen LogP contribution in [0.4, 0.5) is 0 Å². The Morgan fingerprint density at radius 1 is 1.24 bits per heavy atom. The van der Waals surface area contributed by atoms with Crippen molar-refractivity contribution in [3.8, 4) is 5.06 Å². The number of fused-ring (bicyclic) bond motifs is 1. The second-order valence-corrected chi connectivity index (χ2v) is 7.92. The Morgan fingerprint density at radius 2 is 2.00 bits per heavy atom. The monoisotopic (exact) mass is 355 g/mol. The Kier molecular flexibility index (Phi) is 4.44. The lowest BCUT2D eigenvalue weighted by atomic mass is 9.95. The third-order valence-corrected chi connectivity index (χ3v) is 5.96. The first-order valence-corrected chi connectivity index (χ1v) is 9.56. The first-order valence-electron chi connectivity index (χ1n) is 8.74. The summed E-state index contributed by atoms with van der Waals surface area (Å²) in [6.07, 6.45) is 2.94. The maximum absolute atomic E-state index is 13.0. The molecule has 1 aliphatic carbocycles. The largest absolute Gasteiger partial charge is 0.416 e. The molecule has 0 radical (unpaired) electrons. The van der Waals surface area contributed by atoms with E-state index in [2.05, 4.69) is 17.0 Å². The van der Waals surface area contributed by atoms with Crippen LogP contribution >= 0.6 is 11.3 Å². The molecule has 1 fully saturated rings. The number of Topliss-reactive ketones (excluding diaryl/α,β-unsaturated/α-hetero) is 1. The lowest BCUT2D eigenvalue weighted by molar-refractivity contribution is -0.131. The van der Waals surface area contributed by atoms with Gasteiger partial charge in [0.25, 0.3) is 0 Å². The van der Waals surface area contributed by atoms with Crippen LogP contribution in [-0.4, -0.2) is 23.2 Å². The van der Waals surface area contributed by atoms with Crippen molar-refractivity contribution < 1.29 is 14.3 Å². The molecule has 1 atom stereocenters. The van der Waals surface area contributed by atoms with Crippen molar-refractivity contribution in [2.24, 2.45) is 5.92 Å². The molecule has 4 nitrogen and oxygen atoms in total. The summed E-state index contributed by atoms with van der Waals surface area (Å²) in [4.78, 5) is 27.7. The molecule has 0 bridgehead atoms. The van der Waals surface area contributed by atoms with E-state index in [0.29, 0.717) is 10.8 Å². The normalized spacial score (nSPS) is 18.4. The standard InChI is InChI=1S/C20H21NO3S/c1-13(22)24-18-11-16-12-21(10-9-17(16)25-18)19(20(23)15-7-8-15)14-5-3-2-4-6-14/h2-6,11,15,19H,7-10,12H2,1H3/t19-/m0/s1. The molecule has 2 aromatic rings. The smallest absolute Gasteiger partial charge is 0.308 e. The van der Waals surface area contributed by atoms with Crippen molar-refractivity contribution in [3.05, 3.63) is 52.4 Å². The molecule has 4 rings (SSSR count). The van der Waals surface area contributed by atoms with Crippen molar-refractivity contribution in [2.45, 2.75) is 38.8 Å². The average molecular weight is 355 g/mol. The number of ether oxygens (including phenoxy) is 1. The zero-order chi connectivity index (χ0) is 17.4. The molecule has 1 aromatic carbocycles. The van der Waals surface area contributed by atoms with E-state index in [1.165, 1.54) is 17.4 Å². The topological polar surface area (TPSA) is 46.6 Å². The number of hydrogen-bond acceptors (Lipinski definition) is 5. The predicted molar refractivity (Wildman–Crippen MR) is 96.7 cm³/mol. The van der Waals surface area contributed by atoms with E-state index in [0.717, 1.165) is 37.9 Å². The molecule has 1 saturated carbocycles. The van der Waals surface area contributed by atoms with E-state index in [4.69, 9.17) is 4.74 Å². The van der Waals surface area contributed by atoms with E-state index in [1.54, 1.807) is 11.3 Å². The van der Waals surface area contributed by atoms with Crippen molar-refractivity contribution in [1.82, 2.24) is 4.90 Å². The van der Waals surface area contributed by atoms with Gasteiger partial charge in [0.1, 0.15) is 0 Å². The van der Waals surface area contributed by atoms with Crippen LogP contribution < -0.4 is 4.74 Å². The lowest BCUT2D eigenvalue weighted by Gasteiger charge is -2.34. The van der Waals surface area contributed by atoms with Crippen LogP contribution in [0, 0.1) is 5.92 Å². The highest BCUT2D eigenvalue weighted by atomic mass is 32.1. The van der Waals surface area contributed by atoms with E-state index in [-0.39, 0.29) is 17.9 Å². The minimum atomic E-state index is -0.290. The van der Waals surface area contributed by atoms with Gasteiger partial charge in [-0.05, 0) is 36.5 Å². The van der Waals surface area contributed by atoms with E-state index in [1.807, 2.05) is 24.3 Å². The summed E-state index contributed by atoms with van der Waals surface area (Å²) in [5.41, 5.74) is 2.26.